The summed E-state index contributed by atoms with van der Waals surface area (Å²) in [6.07, 6.45) is 13.8. The number of halogens is 1. The molecular formula is C21H21ClN6. The summed E-state index contributed by atoms with van der Waals surface area (Å²) in [5.74, 6) is 0.833. The molecule has 3 heterocycles. The molecule has 0 amide bonds. The van der Waals surface area contributed by atoms with Gasteiger partial charge in [-0.2, -0.15) is 5.10 Å². The van der Waals surface area contributed by atoms with E-state index in [9.17, 15) is 0 Å². The summed E-state index contributed by atoms with van der Waals surface area (Å²) in [5, 5.41) is 11.3. The van der Waals surface area contributed by atoms with Crippen LogP contribution in [0.1, 0.15) is 32.1 Å². The first-order valence-electron chi connectivity index (χ1n) is 9.68. The van der Waals surface area contributed by atoms with Crippen LogP contribution in [0.4, 0.5) is 5.82 Å². The van der Waals surface area contributed by atoms with Crippen LogP contribution in [0.2, 0.25) is 5.02 Å². The number of aromatic amines is 1. The topological polar surface area (TPSA) is 70.9 Å². The zero-order valence-electron chi connectivity index (χ0n) is 15.4. The molecule has 0 radical (unpaired) electrons. The van der Waals surface area contributed by atoms with Gasteiger partial charge in [-0.3, -0.25) is 9.50 Å². The molecule has 1 aliphatic rings. The van der Waals surface area contributed by atoms with Gasteiger partial charge in [-0.05, 0) is 25.0 Å². The van der Waals surface area contributed by atoms with Crippen LogP contribution >= 0.6 is 11.6 Å². The minimum Gasteiger partial charge on any atom is -0.364 e. The fraction of sp³-hybridized carbons (Fsp3) is 0.286. The molecular weight excluding hydrogens is 372 g/mol. The highest BCUT2D eigenvalue weighted by molar-refractivity contribution is 6.30. The van der Waals surface area contributed by atoms with Crippen LogP contribution in [0.25, 0.3) is 28.2 Å². The molecule has 1 aromatic carbocycles. The number of hydrogen-bond acceptors (Lipinski definition) is 4. The van der Waals surface area contributed by atoms with E-state index in [2.05, 4.69) is 26.1 Å². The van der Waals surface area contributed by atoms with Crippen molar-refractivity contribution in [2.75, 3.05) is 5.32 Å². The lowest BCUT2D eigenvalue weighted by molar-refractivity contribution is 0.462. The highest BCUT2D eigenvalue weighted by Crippen LogP contribution is 2.29. The van der Waals surface area contributed by atoms with Crippen molar-refractivity contribution in [2.24, 2.45) is 0 Å². The van der Waals surface area contributed by atoms with Gasteiger partial charge in [-0.15, -0.1) is 0 Å². The number of hydrogen-bond donors (Lipinski definition) is 2. The first-order valence-corrected chi connectivity index (χ1v) is 10.1. The van der Waals surface area contributed by atoms with Crippen molar-refractivity contribution in [1.82, 2.24) is 24.6 Å². The minimum absolute atomic E-state index is 0.459. The lowest BCUT2D eigenvalue weighted by atomic mass is 9.95. The van der Waals surface area contributed by atoms with Gasteiger partial charge in [0.2, 0.25) is 0 Å². The second kappa shape index (κ2) is 7.28. The van der Waals surface area contributed by atoms with Crippen LogP contribution in [-0.4, -0.2) is 30.6 Å². The van der Waals surface area contributed by atoms with Gasteiger partial charge in [0, 0.05) is 34.6 Å². The van der Waals surface area contributed by atoms with E-state index in [-0.39, 0.29) is 0 Å². The first kappa shape index (κ1) is 17.3. The Kier molecular flexibility index (Phi) is 4.49. The molecule has 0 atom stereocenters. The second-order valence-electron chi connectivity index (χ2n) is 7.28. The Labute approximate surface area is 168 Å². The first-order chi connectivity index (χ1) is 13.8. The van der Waals surface area contributed by atoms with Gasteiger partial charge >= 0.3 is 0 Å². The molecule has 2 N–H and O–H groups in total. The fourth-order valence-electron chi connectivity index (χ4n) is 3.88. The average Bonchev–Trinajstić information content (AvgIpc) is 3.40. The molecule has 6 nitrogen and oxygen atoms in total. The molecule has 142 valence electrons. The molecule has 0 unspecified atom stereocenters. The molecule has 3 aromatic heterocycles. The van der Waals surface area contributed by atoms with E-state index >= 15 is 0 Å². The van der Waals surface area contributed by atoms with Gasteiger partial charge in [0.1, 0.15) is 0 Å². The zero-order valence-corrected chi connectivity index (χ0v) is 16.2. The average molecular weight is 393 g/mol. The minimum atomic E-state index is 0.459. The summed E-state index contributed by atoms with van der Waals surface area (Å²) >= 11 is 6.05. The summed E-state index contributed by atoms with van der Waals surface area (Å²) in [5.41, 5.74) is 4.66. The molecule has 5 rings (SSSR count). The summed E-state index contributed by atoms with van der Waals surface area (Å²) < 4.78 is 2.09. The van der Waals surface area contributed by atoms with E-state index in [0.717, 1.165) is 34.0 Å². The van der Waals surface area contributed by atoms with E-state index < -0.39 is 0 Å². The van der Waals surface area contributed by atoms with Crippen molar-refractivity contribution in [3.05, 3.63) is 54.1 Å². The number of fused-ring (bicyclic) bond motifs is 1. The van der Waals surface area contributed by atoms with E-state index in [1.54, 1.807) is 6.20 Å². The lowest BCUT2D eigenvalue weighted by Crippen LogP contribution is -2.23. The smallest absolute Gasteiger partial charge is 0.181 e. The van der Waals surface area contributed by atoms with Crippen LogP contribution in [-0.2, 0) is 0 Å². The molecule has 1 saturated carbocycles. The monoisotopic (exact) mass is 392 g/mol. The van der Waals surface area contributed by atoms with Crippen molar-refractivity contribution in [3.8, 4) is 22.5 Å². The third-order valence-corrected chi connectivity index (χ3v) is 5.63. The number of nitrogens with zero attached hydrogens (tertiary/aromatic N) is 4. The Morgan fingerprint density at radius 1 is 1.04 bits per heavy atom. The van der Waals surface area contributed by atoms with Crippen LogP contribution < -0.4 is 5.32 Å². The Bertz CT molecular complexity index is 1080. The molecule has 0 saturated heterocycles. The van der Waals surface area contributed by atoms with Crippen LogP contribution in [0.15, 0.2) is 49.1 Å². The van der Waals surface area contributed by atoms with E-state index in [1.165, 1.54) is 32.1 Å². The van der Waals surface area contributed by atoms with Crippen LogP contribution in [0.3, 0.4) is 0 Å². The Balaban J connectivity index is 1.62. The molecule has 0 spiro atoms. The number of nitrogens with one attached hydrogen (secondary N) is 2. The van der Waals surface area contributed by atoms with Crippen LogP contribution in [0.5, 0.6) is 0 Å². The predicted octanol–water partition coefficient (Wildman–Crippen LogP) is 5.18. The number of rotatable bonds is 4. The molecule has 1 fully saturated rings. The summed E-state index contributed by atoms with van der Waals surface area (Å²) in [4.78, 5) is 9.63. The third-order valence-electron chi connectivity index (χ3n) is 5.37. The number of imidazole rings is 1. The van der Waals surface area contributed by atoms with Gasteiger partial charge in [-0.25, -0.2) is 9.97 Å². The molecule has 4 aromatic rings. The van der Waals surface area contributed by atoms with Crippen molar-refractivity contribution >= 4 is 23.1 Å². The van der Waals surface area contributed by atoms with Crippen molar-refractivity contribution in [1.29, 1.82) is 0 Å². The predicted molar refractivity (Wildman–Crippen MR) is 112 cm³/mol. The number of H-pyrrole nitrogens is 1. The maximum atomic E-state index is 6.05. The standard InChI is InChI=1S/C21H21ClN6/c22-16-8-6-14(7-9-16)18-13-28-19(15-10-24-25-11-15)12-23-20(21(28)27-18)26-17-4-2-1-3-5-17/h6-13,17H,1-5H2,(H,23,26)(H,24,25). The second-order valence-corrected chi connectivity index (χ2v) is 7.72. The molecule has 7 heteroatoms. The Morgan fingerprint density at radius 3 is 2.61 bits per heavy atom. The summed E-state index contributed by atoms with van der Waals surface area (Å²) in [7, 11) is 0. The van der Waals surface area contributed by atoms with Gasteiger partial charge in [0.05, 0.1) is 23.8 Å². The summed E-state index contributed by atoms with van der Waals surface area (Å²) in [6, 6.07) is 8.21. The summed E-state index contributed by atoms with van der Waals surface area (Å²) in [6.45, 7) is 0. The molecule has 28 heavy (non-hydrogen) atoms. The maximum Gasteiger partial charge on any atom is 0.181 e. The Morgan fingerprint density at radius 2 is 1.86 bits per heavy atom. The SMILES string of the molecule is Clc1ccc(-c2cn3c(-c4cn[nH]c4)cnc(NC4CCCCC4)c3n2)cc1. The Hall–Kier alpha value is -2.86. The maximum absolute atomic E-state index is 6.05. The normalized spacial score (nSPS) is 15.2. The van der Waals surface area contributed by atoms with E-state index in [1.807, 2.05) is 36.7 Å². The van der Waals surface area contributed by atoms with E-state index in [0.29, 0.717) is 11.1 Å². The number of anilines is 1. The van der Waals surface area contributed by atoms with E-state index in [4.69, 9.17) is 21.6 Å². The molecule has 0 bridgehead atoms. The third kappa shape index (κ3) is 3.24. The van der Waals surface area contributed by atoms with Gasteiger partial charge in [-0.1, -0.05) is 43.0 Å². The highest BCUT2D eigenvalue weighted by Gasteiger charge is 2.18. The van der Waals surface area contributed by atoms with Gasteiger partial charge < -0.3 is 5.32 Å². The van der Waals surface area contributed by atoms with Crippen molar-refractivity contribution < 1.29 is 0 Å². The van der Waals surface area contributed by atoms with Crippen molar-refractivity contribution in [3.63, 3.8) is 0 Å². The van der Waals surface area contributed by atoms with Crippen LogP contribution in [0, 0.1) is 0 Å². The van der Waals surface area contributed by atoms with Gasteiger partial charge in [0.25, 0.3) is 0 Å². The largest absolute Gasteiger partial charge is 0.364 e. The zero-order chi connectivity index (χ0) is 18.9. The molecule has 0 aliphatic heterocycles. The lowest BCUT2D eigenvalue weighted by Gasteiger charge is -2.23. The quantitative estimate of drug-likeness (QED) is 0.501. The number of aromatic nitrogens is 5. The van der Waals surface area contributed by atoms with Crippen molar-refractivity contribution in [2.45, 2.75) is 38.1 Å². The molecule has 1 aliphatic carbocycles. The van der Waals surface area contributed by atoms with Gasteiger partial charge in [0.15, 0.2) is 11.5 Å². The fourth-order valence-corrected chi connectivity index (χ4v) is 4.01. The number of benzene rings is 1. The highest BCUT2D eigenvalue weighted by atomic mass is 35.5.